The number of hydrogen-bond donors (Lipinski definition) is 0. The first-order chi connectivity index (χ1) is 38.0. The summed E-state index contributed by atoms with van der Waals surface area (Å²) in [6.07, 6.45) is 5.39. The van der Waals surface area contributed by atoms with Crippen LogP contribution in [0.3, 0.4) is 0 Å². The van der Waals surface area contributed by atoms with Gasteiger partial charge in [-0.1, -0.05) is 196 Å². The van der Waals surface area contributed by atoms with Gasteiger partial charge in [0.05, 0.1) is 30.4 Å². The molecule has 70 heavy (non-hydrogen) atoms. The van der Waals surface area contributed by atoms with E-state index in [4.69, 9.17) is 17.9 Å². The second kappa shape index (κ2) is 18.4. The molecule has 0 aliphatic carbocycles. The first kappa shape index (κ1) is 34.2. The van der Waals surface area contributed by atoms with E-state index < -0.39 is 60.4 Å². The molecule has 12 aromatic rings. The van der Waals surface area contributed by atoms with Gasteiger partial charge >= 0.3 is 0 Å². The van der Waals surface area contributed by atoms with Crippen molar-refractivity contribution in [3.8, 4) is 73.2 Å². The van der Waals surface area contributed by atoms with E-state index in [1.807, 2.05) is 128 Å². The van der Waals surface area contributed by atoms with Crippen LogP contribution in [0.2, 0.25) is 0 Å². The van der Waals surface area contributed by atoms with Crippen LogP contribution in [-0.4, -0.2) is 14.1 Å². The zero-order valence-electron chi connectivity index (χ0n) is 48.1. The van der Waals surface area contributed by atoms with Gasteiger partial charge in [0.15, 0.2) is 0 Å². The van der Waals surface area contributed by atoms with Crippen LogP contribution in [-0.2, 0) is 26.5 Å². The van der Waals surface area contributed by atoms with Crippen LogP contribution in [0.4, 0.5) is 0 Å². The maximum atomic E-state index is 9.21. The Kier molecular flexibility index (Phi) is 9.00. The molecule has 0 bridgehead atoms. The molecule has 0 aliphatic heterocycles. The molecule has 9 aromatic carbocycles. The van der Waals surface area contributed by atoms with E-state index >= 15 is 0 Å². The minimum Gasteiger partial charge on any atom is -0.510 e. The van der Waals surface area contributed by atoms with Crippen molar-refractivity contribution >= 4 is 32.8 Å². The third kappa shape index (κ3) is 8.23. The van der Waals surface area contributed by atoms with Crippen molar-refractivity contribution < 1.29 is 44.1 Å². The minimum absolute atomic E-state index is 0. The number of ether oxygens (including phenoxy) is 1. The third-order valence-corrected chi connectivity index (χ3v) is 12.4. The largest absolute Gasteiger partial charge is 0.510 e. The number of fused-ring (bicyclic) bond motifs is 4. The monoisotopic (exact) mass is 1090 g/mol. The van der Waals surface area contributed by atoms with Crippen molar-refractivity contribution in [2.24, 2.45) is 0 Å². The van der Waals surface area contributed by atoms with Gasteiger partial charge < -0.3 is 13.9 Å². The van der Waals surface area contributed by atoms with Crippen molar-refractivity contribution in [1.82, 2.24) is 14.1 Å². The Morgan fingerprint density at radius 3 is 1.89 bits per heavy atom. The van der Waals surface area contributed by atoms with Crippen molar-refractivity contribution in [3.63, 3.8) is 0 Å². The van der Waals surface area contributed by atoms with Gasteiger partial charge in [0, 0.05) is 44.3 Å². The van der Waals surface area contributed by atoms with Gasteiger partial charge in [-0.2, -0.15) is 12.1 Å². The van der Waals surface area contributed by atoms with Gasteiger partial charge in [-0.15, -0.1) is 35.2 Å². The van der Waals surface area contributed by atoms with Gasteiger partial charge in [-0.3, -0.25) is 4.57 Å². The fourth-order valence-electron chi connectivity index (χ4n) is 9.02. The van der Waals surface area contributed by atoms with E-state index in [2.05, 4.69) is 62.0 Å². The predicted molar refractivity (Wildman–Crippen MR) is 280 cm³/mol. The SMILES string of the molecule is [2H]c1c([2H])c([2H])c(-c2cccc(-c3c([2H])c([2H])c([2H])c([2H])c3[2H])c2-[n+]2[c-]n(-c3[c-]c(Oc4[c-]c5c(cc4)c4ccccc4n5-c4cc(C(C)(C)C)ccn4)cc(-c4ccccc4)c3)c3cc(-c4ccccc4)ccc32)c([2H])c1[2H].[Pt]. The van der Waals surface area contributed by atoms with Crippen LogP contribution in [0.25, 0.3) is 94.5 Å². The summed E-state index contributed by atoms with van der Waals surface area (Å²) < 4.78 is 101. The van der Waals surface area contributed by atoms with Crippen LogP contribution < -0.4 is 9.30 Å². The maximum Gasteiger partial charge on any atom is 0.268 e. The van der Waals surface area contributed by atoms with Crippen molar-refractivity contribution in [1.29, 1.82) is 0 Å². The molecule has 0 saturated heterocycles. The molecule has 0 fully saturated rings. The number of nitrogens with zero attached hydrogens (tertiary/aromatic N) is 4. The number of aromatic nitrogens is 4. The van der Waals surface area contributed by atoms with E-state index in [0.29, 0.717) is 28.2 Å². The van der Waals surface area contributed by atoms with E-state index in [1.54, 1.807) is 27.3 Å². The Morgan fingerprint density at radius 1 is 0.543 bits per heavy atom. The molecular weight excluding hydrogens is 1040 g/mol. The zero-order valence-corrected chi connectivity index (χ0v) is 40.4. The van der Waals surface area contributed by atoms with Crippen LogP contribution in [0, 0.1) is 18.5 Å². The molecule has 0 amide bonds. The molecular formula is C64H46N4OPt-2. The van der Waals surface area contributed by atoms with Crippen molar-refractivity contribution in [3.05, 3.63) is 248 Å². The summed E-state index contributed by atoms with van der Waals surface area (Å²) >= 11 is 0. The van der Waals surface area contributed by atoms with Crippen LogP contribution in [0.15, 0.2) is 224 Å². The van der Waals surface area contributed by atoms with E-state index in [-0.39, 0.29) is 54.4 Å². The first-order valence-corrected chi connectivity index (χ1v) is 22.5. The summed E-state index contributed by atoms with van der Waals surface area (Å²) in [6, 6.07) is 52.1. The van der Waals surface area contributed by atoms with E-state index in [9.17, 15) is 5.48 Å². The van der Waals surface area contributed by atoms with E-state index in [0.717, 1.165) is 55.4 Å². The number of rotatable bonds is 9. The van der Waals surface area contributed by atoms with Gasteiger partial charge in [-0.25, -0.2) is 4.98 Å². The van der Waals surface area contributed by atoms with Crippen LogP contribution in [0.1, 0.15) is 40.0 Å². The number of imidazole rings is 1. The number of benzene rings is 9. The molecule has 0 saturated carbocycles. The van der Waals surface area contributed by atoms with Gasteiger partial charge in [0.1, 0.15) is 5.82 Å². The molecule has 12 rings (SSSR count). The summed E-state index contributed by atoms with van der Waals surface area (Å²) in [5.74, 6) is 1.49. The minimum atomic E-state index is -0.582. The smallest absolute Gasteiger partial charge is 0.268 e. The maximum absolute atomic E-state index is 9.21. The van der Waals surface area contributed by atoms with Crippen LogP contribution in [0.5, 0.6) is 11.5 Å². The Morgan fingerprint density at radius 2 is 1.20 bits per heavy atom. The standard InChI is InChI=1S/C64H46N4O.Pt/c1-64(2,3)50-35-36-65-62(40-50)68-58-30-17-16-27-56(58)57-33-32-52(42-60(57)68)69-53-38-49(45-21-10-5-11-22-45)37-51(41-53)66-43-67(59-34-31-48(39-61(59)66)44-19-8-4-9-20-44)63-54(46-23-12-6-13-24-46)28-18-29-55(63)47-25-14-7-15-26-47;/h4-40H,1-3H3;/q-2;/i6D,7D,12D,13D,14D,15D,23D,24D,25D,26D;. The van der Waals surface area contributed by atoms with E-state index in [1.165, 1.54) is 0 Å². The number of pyridine rings is 1. The summed E-state index contributed by atoms with van der Waals surface area (Å²) in [4.78, 5) is 4.86. The quantitative estimate of drug-likeness (QED) is 0.107. The third-order valence-electron chi connectivity index (χ3n) is 12.4. The molecule has 0 unspecified atom stereocenters. The zero-order chi connectivity index (χ0) is 55.2. The molecule has 0 spiro atoms. The average Bonchev–Trinajstić information content (AvgIpc) is 4.02. The fourth-order valence-corrected chi connectivity index (χ4v) is 9.02. The number of para-hydroxylation sites is 2. The molecule has 0 N–H and O–H groups in total. The Bertz CT molecular complexity index is 4320. The Balaban J connectivity index is 0.00000675. The average molecular weight is 1090 g/mol. The van der Waals surface area contributed by atoms with Gasteiger partial charge in [0.2, 0.25) is 0 Å². The molecule has 3 heterocycles. The van der Waals surface area contributed by atoms with Crippen molar-refractivity contribution in [2.45, 2.75) is 26.2 Å². The number of hydrogen-bond acceptors (Lipinski definition) is 2. The topological polar surface area (TPSA) is 35.9 Å². The molecule has 6 heteroatoms. The molecule has 0 radical (unpaired) electrons. The molecule has 0 atom stereocenters. The summed E-state index contributed by atoms with van der Waals surface area (Å²) in [6.45, 7) is 6.52. The summed E-state index contributed by atoms with van der Waals surface area (Å²) in [5, 5.41) is 2.00. The van der Waals surface area contributed by atoms with Crippen LogP contribution >= 0.6 is 0 Å². The Labute approximate surface area is 436 Å². The second-order valence-corrected chi connectivity index (χ2v) is 17.7. The summed E-state index contributed by atoms with van der Waals surface area (Å²) in [5.41, 5.74) is 7.77. The molecule has 340 valence electrons. The Hall–Kier alpha value is -8.11. The molecule has 0 aliphatic rings. The summed E-state index contributed by atoms with van der Waals surface area (Å²) in [7, 11) is 0. The fraction of sp³-hybridized carbons (Fsp3) is 0.0625. The van der Waals surface area contributed by atoms with Gasteiger partial charge in [-0.05, 0) is 85.3 Å². The van der Waals surface area contributed by atoms with Crippen molar-refractivity contribution in [2.75, 3.05) is 0 Å². The molecule has 3 aromatic heterocycles. The second-order valence-electron chi connectivity index (χ2n) is 17.7. The first-order valence-electron chi connectivity index (χ1n) is 27.5. The molecule has 5 nitrogen and oxygen atoms in total. The predicted octanol–water partition coefficient (Wildman–Crippen LogP) is 15.6. The normalized spacial score (nSPS) is 13.5. The van der Waals surface area contributed by atoms with Gasteiger partial charge in [0.25, 0.3) is 6.33 Å².